The number of hydrogen-bond donors (Lipinski definition) is 0. The van der Waals surface area contributed by atoms with Crippen LogP contribution in [0.25, 0.3) is 5.57 Å². The smallest absolute Gasteiger partial charge is 0.0543 e. The van der Waals surface area contributed by atoms with Gasteiger partial charge in [0.05, 0.1) is 5.69 Å². The van der Waals surface area contributed by atoms with Crippen LogP contribution in [0.5, 0.6) is 0 Å². The third-order valence-electron chi connectivity index (χ3n) is 17.0. The molecule has 2 bridgehead atoms. The highest BCUT2D eigenvalue weighted by Crippen LogP contribution is 2.89. The highest BCUT2D eigenvalue weighted by atomic mass is 32.2. The van der Waals surface area contributed by atoms with Crippen molar-refractivity contribution in [2.24, 2.45) is 29.1 Å². The van der Waals surface area contributed by atoms with E-state index in [0.29, 0.717) is 5.41 Å². The van der Waals surface area contributed by atoms with E-state index in [2.05, 4.69) is 137 Å². The van der Waals surface area contributed by atoms with Crippen LogP contribution in [-0.2, 0) is 21.7 Å². The summed E-state index contributed by atoms with van der Waals surface area (Å²) in [4.78, 5) is 5.71. The van der Waals surface area contributed by atoms with Crippen molar-refractivity contribution in [3.63, 3.8) is 0 Å². The van der Waals surface area contributed by atoms with Gasteiger partial charge in [-0.2, -0.15) is 0 Å². The summed E-state index contributed by atoms with van der Waals surface area (Å²) in [5, 5.41) is 0. The Morgan fingerprint density at radius 2 is 1.38 bits per heavy atom. The predicted molar refractivity (Wildman–Crippen MR) is 221 cm³/mol. The maximum atomic E-state index is 2.71. The summed E-state index contributed by atoms with van der Waals surface area (Å²) in [5.41, 5.74) is 17.5. The minimum Gasteiger partial charge on any atom is -0.310 e. The van der Waals surface area contributed by atoms with Crippen LogP contribution in [-0.4, -0.2) is 0 Å². The zero-order chi connectivity index (χ0) is 35.9. The van der Waals surface area contributed by atoms with Crippen LogP contribution in [0.15, 0.2) is 106 Å². The van der Waals surface area contributed by atoms with Crippen molar-refractivity contribution in [2.45, 2.75) is 124 Å². The Labute approximate surface area is 321 Å². The molecule has 12 rings (SSSR count). The molecule has 4 aromatic rings. The first kappa shape index (κ1) is 31.8. The Bertz CT molecular complexity index is 2370. The minimum atomic E-state index is 0.0298. The van der Waals surface area contributed by atoms with E-state index in [1.807, 2.05) is 11.8 Å². The number of hydrogen-bond acceptors (Lipinski definition) is 2. The lowest BCUT2D eigenvalue weighted by molar-refractivity contribution is -0.235. The zero-order valence-electron chi connectivity index (χ0n) is 32.5. The van der Waals surface area contributed by atoms with Crippen molar-refractivity contribution in [3.05, 3.63) is 130 Å². The SMILES string of the molecule is CC1(C)CCC(C)(C)c2cc(N(c3ccc4c(c3)C3(c5ccccc5S4)C4CC5CC6CC3C64C5)c3cccc4c3C3=C(CCC=C3)C4(C)C)ccc21. The predicted octanol–water partition coefficient (Wildman–Crippen LogP) is 13.7. The molecule has 7 aliphatic carbocycles. The summed E-state index contributed by atoms with van der Waals surface area (Å²) in [6.07, 6.45) is 15.5. The van der Waals surface area contributed by atoms with Crippen LogP contribution < -0.4 is 4.90 Å². The van der Waals surface area contributed by atoms with Gasteiger partial charge < -0.3 is 4.90 Å². The molecule has 4 fully saturated rings. The second kappa shape index (κ2) is 10.0. The van der Waals surface area contributed by atoms with Crippen molar-refractivity contribution in [2.75, 3.05) is 4.90 Å². The monoisotopic (exact) mass is 711 g/mol. The molecule has 0 amide bonds. The van der Waals surface area contributed by atoms with Crippen LogP contribution in [0.3, 0.4) is 0 Å². The molecule has 4 saturated carbocycles. The molecule has 2 spiro atoms. The van der Waals surface area contributed by atoms with E-state index < -0.39 is 0 Å². The second-order valence-electron chi connectivity index (χ2n) is 20.3. The molecule has 4 aromatic carbocycles. The summed E-state index contributed by atoms with van der Waals surface area (Å²) < 4.78 is 0. The first-order valence-corrected chi connectivity index (χ1v) is 21.7. The summed E-state index contributed by atoms with van der Waals surface area (Å²) >= 11 is 2.04. The molecular formula is C51H53NS. The topological polar surface area (TPSA) is 3.24 Å². The molecule has 0 N–H and O–H groups in total. The molecule has 6 atom stereocenters. The lowest BCUT2D eigenvalue weighted by atomic mass is 9.26. The highest BCUT2D eigenvalue weighted by molar-refractivity contribution is 7.99. The van der Waals surface area contributed by atoms with Crippen LogP contribution in [0.1, 0.15) is 126 Å². The highest BCUT2D eigenvalue weighted by Gasteiger charge is 2.84. The fourth-order valence-corrected chi connectivity index (χ4v) is 15.8. The van der Waals surface area contributed by atoms with Gasteiger partial charge in [-0.15, -0.1) is 0 Å². The van der Waals surface area contributed by atoms with Gasteiger partial charge in [0.2, 0.25) is 0 Å². The molecule has 8 aliphatic rings. The summed E-state index contributed by atoms with van der Waals surface area (Å²) in [7, 11) is 0. The van der Waals surface area contributed by atoms with E-state index >= 15 is 0 Å². The standard InChI is InChI=1S/C51H53NS/c1-47(2)22-23-48(3,4)39-27-32(18-20-36(39)47)52(41-16-11-15-38-46(41)34-12-7-8-13-35(34)49(38,5)6)33-19-21-43-40(28-33)51(37-14-9-10-17-42(37)53-43)44-25-30-24-31-26-45(51)50(31,44)29-30/h7,9-12,14-21,27-28,30-31,44-45H,8,13,22-26,29H2,1-6H3. The van der Waals surface area contributed by atoms with Crippen molar-refractivity contribution in [1.82, 2.24) is 0 Å². The molecule has 0 aromatic heterocycles. The van der Waals surface area contributed by atoms with Crippen molar-refractivity contribution < 1.29 is 0 Å². The fourth-order valence-electron chi connectivity index (χ4n) is 14.6. The van der Waals surface area contributed by atoms with Gasteiger partial charge in [-0.3, -0.25) is 0 Å². The Morgan fingerprint density at radius 3 is 2.21 bits per heavy atom. The normalized spacial score (nSPS) is 33.2. The third-order valence-corrected chi connectivity index (χ3v) is 18.1. The van der Waals surface area contributed by atoms with Gasteiger partial charge >= 0.3 is 0 Å². The Hall–Kier alpha value is -3.49. The molecule has 1 heterocycles. The quantitative estimate of drug-likeness (QED) is 0.208. The second-order valence-corrected chi connectivity index (χ2v) is 21.4. The number of fused-ring (bicyclic) bond motifs is 10. The molecule has 1 nitrogen and oxygen atoms in total. The van der Waals surface area contributed by atoms with E-state index in [4.69, 9.17) is 0 Å². The van der Waals surface area contributed by atoms with E-state index in [1.165, 1.54) is 93.2 Å². The number of allylic oxidation sites excluding steroid dienone is 4. The van der Waals surface area contributed by atoms with Crippen LogP contribution in [0, 0.1) is 29.1 Å². The van der Waals surface area contributed by atoms with Gasteiger partial charge in [0, 0.05) is 37.6 Å². The van der Waals surface area contributed by atoms with Crippen LogP contribution in [0.2, 0.25) is 0 Å². The third kappa shape index (κ3) is 3.70. The Morgan fingerprint density at radius 1 is 0.660 bits per heavy atom. The van der Waals surface area contributed by atoms with E-state index in [-0.39, 0.29) is 21.7 Å². The van der Waals surface area contributed by atoms with E-state index in [1.54, 1.807) is 16.7 Å². The molecule has 1 aliphatic heterocycles. The van der Waals surface area contributed by atoms with Crippen molar-refractivity contribution in [3.8, 4) is 0 Å². The van der Waals surface area contributed by atoms with Gasteiger partial charge in [-0.25, -0.2) is 0 Å². The van der Waals surface area contributed by atoms with Gasteiger partial charge in [0.25, 0.3) is 0 Å². The van der Waals surface area contributed by atoms with Crippen LogP contribution in [0.4, 0.5) is 17.1 Å². The average molecular weight is 712 g/mol. The minimum absolute atomic E-state index is 0.0298. The van der Waals surface area contributed by atoms with Gasteiger partial charge in [0.15, 0.2) is 0 Å². The average Bonchev–Trinajstić information content (AvgIpc) is 3.76. The molecule has 268 valence electrons. The van der Waals surface area contributed by atoms with Gasteiger partial charge in [-0.1, -0.05) is 107 Å². The van der Waals surface area contributed by atoms with Gasteiger partial charge in [0.1, 0.15) is 0 Å². The fraction of sp³-hybridized carbons (Fsp3) is 0.451. The van der Waals surface area contributed by atoms with Crippen LogP contribution >= 0.6 is 11.8 Å². The lowest BCUT2D eigenvalue weighted by Crippen LogP contribution is -2.74. The van der Waals surface area contributed by atoms with E-state index in [0.717, 1.165) is 36.5 Å². The number of rotatable bonds is 3. The molecule has 0 saturated heterocycles. The maximum absolute atomic E-state index is 2.71. The Kier molecular flexibility index (Phi) is 6.02. The number of nitrogens with zero attached hydrogens (tertiary/aromatic N) is 1. The number of benzene rings is 4. The molecule has 2 heteroatoms. The summed E-state index contributed by atoms with van der Waals surface area (Å²) in [6, 6.07) is 32.1. The van der Waals surface area contributed by atoms with Gasteiger partial charge in [-0.05, 0) is 167 Å². The van der Waals surface area contributed by atoms with Crippen molar-refractivity contribution in [1.29, 1.82) is 0 Å². The van der Waals surface area contributed by atoms with E-state index in [9.17, 15) is 0 Å². The molecule has 6 unspecified atom stereocenters. The molecule has 0 radical (unpaired) electrons. The molecular weight excluding hydrogens is 659 g/mol. The maximum Gasteiger partial charge on any atom is 0.0543 e. The molecule has 53 heavy (non-hydrogen) atoms. The first-order valence-electron chi connectivity index (χ1n) is 20.9. The Balaban J connectivity index is 1.11. The largest absolute Gasteiger partial charge is 0.310 e. The summed E-state index contributed by atoms with van der Waals surface area (Å²) in [6.45, 7) is 14.8. The van der Waals surface area contributed by atoms with Crippen molar-refractivity contribution >= 4 is 34.4 Å². The zero-order valence-corrected chi connectivity index (χ0v) is 33.3. The number of anilines is 3. The lowest BCUT2D eigenvalue weighted by Gasteiger charge is -2.78. The summed E-state index contributed by atoms with van der Waals surface area (Å²) in [5.74, 6) is 3.51. The first-order chi connectivity index (χ1) is 25.5.